The van der Waals surface area contributed by atoms with Gasteiger partial charge in [0.2, 0.25) is 0 Å². The van der Waals surface area contributed by atoms with Gasteiger partial charge in [0.25, 0.3) is 5.91 Å². The van der Waals surface area contributed by atoms with E-state index in [1.54, 1.807) is 18.2 Å². The summed E-state index contributed by atoms with van der Waals surface area (Å²) in [6, 6.07) is 13.0. The van der Waals surface area contributed by atoms with E-state index in [0.29, 0.717) is 17.4 Å². The van der Waals surface area contributed by atoms with E-state index in [4.69, 9.17) is 21.1 Å². The fourth-order valence-electron chi connectivity index (χ4n) is 2.15. The molecule has 1 amide bonds. The molecule has 1 unspecified atom stereocenters. The minimum absolute atomic E-state index is 0.0459. The number of carbonyl (C=O) groups excluding carboxylic acids is 1. The van der Waals surface area contributed by atoms with Gasteiger partial charge < -0.3 is 14.8 Å². The third kappa shape index (κ3) is 5.46. The van der Waals surface area contributed by atoms with Crippen molar-refractivity contribution in [1.82, 2.24) is 5.32 Å². The van der Waals surface area contributed by atoms with Gasteiger partial charge in [0.05, 0.1) is 6.04 Å². The predicted molar refractivity (Wildman–Crippen MR) is 96.0 cm³/mol. The highest BCUT2D eigenvalue weighted by Gasteiger charge is 2.10. The van der Waals surface area contributed by atoms with E-state index in [2.05, 4.69) is 5.32 Å². The molecular formula is C19H22ClNO3. The SMILES string of the molecule is Cc1cc(OCC(=O)NC(C)COc2ccccc2C)ccc1Cl. The molecule has 0 saturated carbocycles. The van der Waals surface area contributed by atoms with Crippen LogP contribution >= 0.6 is 11.6 Å². The van der Waals surface area contributed by atoms with E-state index in [1.165, 1.54) is 0 Å². The van der Waals surface area contributed by atoms with Crippen LogP contribution in [0, 0.1) is 13.8 Å². The molecule has 128 valence electrons. The van der Waals surface area contributed by atoms with E-state index in [9.17, 15) is 4.79 Å². The number of hydrogen-bond acceptors (Lipinski definition) is 3. The number of halogens is 1. The molecule has 0 aromatic heterocycles. The number of rotatable bonds is 7. The molecule has 4 nitrogen and oxygen atoms in total. The number of nitrogens with one attached hydrogen (secondary N) is 1. The quantitative estimate of drug-likeness (QED) is 0.825. The molecule has 1 N–H and O–H groups in total. The van der Waals surface area contributed by atoms with E-state index in [0.717, 1.165) is 16.9 Å². The van der Waals surface area contributed by atoms with E-state index in [1.807, 2.05) is 45.0 Å². The molecule has 2 rings (SSSR count). The zero-order chi connectivity index (χ0) is 17.5. The minimum atomic E-state index is -0.191. The summed E-state index contributed by atoms with van der Waals surface area (Å²) in [4.78, 5) is 11.9. The summed E-state index contributed by atoms with van der Waals surface area (Å²) in [6.45, 7) is 6.12. The Morgan fingerprint density at radius 3 is 2.58 bits per heavy atom. The Balaban J connectivity index is 1.75. The van der Waals surface area contributed by atoms with E-state index < -0.39 is 0 Å². The highest BCUT2D eigenvalue weighted by molar-refractivity contribution is 6.31. The highest BCUT2D eigenvalue weighted by atomic mass is 35.5. The van der Waals surface area contributed by atoms with Crippen molar-refractivity contribution in [3.05, 3.63) is 58.6 Å². The number of benzene rings is 2. The third-order valence-corrected chi connectivity index (χ3v) is 3.91. The van der Waals surface area contributed by atoms with Crippen LogP contribution < -0.4 is 14.8 Å². The lowest BCUT2D eigenvalue weighted by molar-refractivity contribution is -0.123. The second kappa shape index (κ2) is 8.60. The molecule has 0 radical (unpaired) electrons. The summed E-state index contributed by atoms with van der Waals surface area (Å²) in [5.74, 6) is 1.26. The lowest BCUT2D eigenvalue weighted by atomic mass is 10.2. The standard InChI is InChI=1S/C19H22ClNO3/c1-13-6-4-5-7-18(13)24-11-15(3)21-19(22)12-23-16-8-9-17(20)14(2)10-16/h4-10,15H,11-12H2,1-3H3,(H,21,22). The van der Waals surface area contributed by atoms with Gasteiger partial charge in [-0.2, -0.15) is 0 Å². The topological polar surface area (TPSA) is 47.6 Å². The molecule has 0 bridgehead atoms. The van der Waals surface area contributed by atoms with Crippen LogP contribution in [0.2, 0.25) is 5.02 Å². The van der Waals surface area contributed by atoms with E-state index >= 15 is 0 Å². The largest absolute Gasteiger partial charge is 0.491 e. The van der Waals surface area contributed by atoms with Crippen LogP contribution in [0.1, 0.15) is 18.1 Å². The Morgan fingerprint density at radius 1 is 1.12 bits per heavy atom. The summed E-state index contributed by atoms with van der Waals surface area (Å²) in [6.07, 6.45) is 0. The van der Waals surface area contributed by atoms with Gasteiger partial charge in [0.1, 0.15) is 18.1 Å². The molecule has 1 atom stereocenters. The molecule has 0 aliphatic carbocycles. The molecule has 5 heteroatoms. The maximum absolute atomic E-state index is 11.9. The van der Waals surface area contributed by atoms with Crippen molar-refractivity contribution in [2.75, 3.05) is 13.2 Å². The Kier molecular flexibility index (Phi) is 6.50. The molecule has 2 aromatic carbocycles. The van der Waals surface area contributed by atoms with Crippen molar-refractivity contribution in [3.63, 3.8) is 0 Å². The molecule has 0 heterocycles. The smallest absolute Gasteiger partial charge is 0.258 e. The number of carbonyl (C=O) groups is 1. The summed E-state index contributed by atoms with van der Waals surface area (Å²) >= 11 is 5.96. The summed E-state index contributed by atoms with van der Waals surface area (Å²) < 4.78 is 11.2. The van der Waals surface area contributed by atoms with Crippen molar-refractivity contribution in [2.24, 2.45) is 0 Å². The normalized spacial score (nSPS) is 11.7. The molecule has 0 aliphatic heterocycles. The minimum Gasteiger partial charge on any atom is -0.491 e. The van der Waals surface area contributed by atoms with Crippen LogP contribution in [0.15, 0.2) is 42.5 Å². The first-order chi connectivity index (χ1) is 11.5. The Labute approximate surface area is 147 Å². The van der Waals surface area contributed by atoms with Gasteiger partial charge >= 0.3 is 0 Å². The first-order valence-electron chi connectivity index (χ1n) is 7.82. The number of ether oxygens (including phenoxy) is 2. The van der Waals surface area contributed by atoms with Crippen LogP contribution in [0.25, 0.3) is 0 Å². The summed E-state index contributed by atoms with van der Waals surface area (Å²) in [5.41, 5.74) is 1.98. The van der Waals surface area contributed by atoms with Gasteiger partial charge in [-0.05, 0) is 56.2 Å². The van der Waals surface area contributed by atoms with Crippen molar-refractivity contribution in [2.45, 2.75) is 26.8 Å². The third-order valence-electron chi connectivity index (χ3n) is 3.49. The molecular weight excluding hydrogens is 326 g/mol. The van der Waals surface area contributed by atoms with Crippen molar-refractivity contribution < 1.29 is 14.3 Å². The second-order valence-corrected chi connectivity index (χ2v) is 6.15. The average Bonchev–Trinajstić information content (AvgIpc) is 2.55. The zero-order valence-corrected chi connectivity index (χ0v) is 14.9. The van der Waals surface area contributed by atoms with Crippen molar-refractivity contribution >= 4 is 17.5 Å². The van der Waals surface area contributed by atoms with Gasteiger partial charge in [-0.3, -0.25) is 4.79 Å². The number of hydrogen-bond donors (Lipinski definition) is 1. The zero-order valence-electron chi connectivity index (χ0n) is 14.1. The van der Waals surface area contributed by atoms with Gasteiger partial charge in [-0.25, -0.2) is 0 Å². The van der Waals surface area contributed by atoms with Gasteiger partial charge in [0.15, 0.2) is 6.61 Å². The monoisotopic (exact) mass is 347 g/mol. The summed E-state index contributed by atoms with van der Waals surface area (Å²) in [5, 5.41) is 3.53. The first-order valence-corrected chi connectivity index (χ1v) is 8.20. The first kappa shape index (κ1) is 18.1. The average molecular weight is 348 g/mol. The maximum atomic E-state index is 11.9. The van der Waals surface area contributed by atoms with Crippen molar-refractivity contribution in [1.29, 1.82) is 0 Å². The Hall–Kier alpha value is -2.20. The van der Waals surface area contributed by atoms with Crippen LogP contribution in [0.3, 0.4) is 0 Å². The highest BCUT2D eigenvalue weighted by Crippen LogP contribution is 2.21. The molecule has 0 saturated heterocycles. The number of para-hydroxylation sites is 1. The number of aryl methyl sites for hydroxylation is 2. The van der Waals surface area contributed by atoms with Crippen LogP contribution in [-0.4, -0.2) is 25.2 Å². The van der Waals surface area contributed by atoms with Crippen LogP contribution in [0.4, 0.5) is 0 Å². The van der Waals surface area contributed by atoms with Crippen molar-refractivity contribution in [3.8, 4) is 11.5 Å². The lowest BCUT2D eigenvalue weighted by Gasteiger charge is -2.16. The molecule has 2 aromatic rings. The Bertz CT molecular complexity index is 703. The fraction of sp³-hybridized carbons (Fsp3) is 0.316. The number of amides is 1. The van der Waals surface area contributed by atoms with Gasteiger partial charge in [0, 0.05) is 5.02 Å². The lowest BCUT2D eigenvalue weighted by Crippen LogP contribution is -2.39. The van der Waals surface area contributed by atoms with Gasteiger partial charge in [-0.15, -0.1) is 0 Å². The molecule has 0 fully saturated rings. The van der Waals surface area contributed by atoms with E-state index in [-0.39, 0.29) is 18.6 Å². The fourth-order valence-corrected chi connectivity index (χ4v) is 2.26. The van der Waals surface area contributed by atoms with Crippen LogP contribution in [0.5, 0.6) is 11.5 Å². The maximum Gasteiger partial charge on any atom is 0.258 e. The molecule has 0 spiro atoms. The molecule has 0 aliphatic rings. The second-order valence-electron chi connectivity index (χ2n) is 5.74. The van der Waals surface area contributed by atoms with Crippen LogP contribution in [-0.2, 0) is 4.79 Å². The Morgan fingerprint density at radius 2 is 1.88 bits per heavy atom. The predicted octanol–water partition coefficient (Wildman–Crippen LogP) is 3.92. The summed E-state index contributed by atoms with van der Waals surface area (Å²) in [7, 11) is 0. The van der Waals surface area contributed by atoms with Gasteiger partial charge in [-0.1, -0.05) is 29.8 Å². The molecule has 24 heavy (non-hydrogen) atoms.